The molecule has 0 spiro atoms. The molecule has 7 nitrogen and oxygen atoms in total. The lowest BCUT2D eigenvalue weighted by Gasteiger charge is -2.13. The van der Waals surface area contributed by atoms with E-state index in [1.54, 1.807) is 24.3 Å². The summed E-state index contributed by atoms with van der Waals surface area (Å²) < 4.78 is 10.4. The molecule has 0 bridgehead atoms. The van der Waals surface area contributed by atoms with Crippen LogP contribution in [0.3, 0.4) is 0 Å². The van der Waals surface area contributed by atoms with E-state index in [2.05, 4.69) is 0 Å². The van der Waals surface area contributed by atoms with E-state index < -0.39 is 17.8 Å². The summed E-state index contributed by atoms with van der Waals surface area (Å²) >= 11 is 5.72. The summed E-state index contributed by atoms with van der Waals surface area (Å²) in [5.41, 5.74) is 0.486. The highest BCUT2D eigenvalue weighted by Crippen LogP contribution is 2.23. The van der Waals surface area contributed by atoms with Crippen molar-refractivity contribution in [3.8, 4) is 5.75 Å². The molecule has 0 saturated heterocycles. The van der Waals surface area contributed by atoms with Gasteiger partial charge in [0, 0.05) is 12.6 Å². The highest BCUT2D eigenvalue weighted by molar-refractivity contribution is 6.30. The first-order chi connectivity index (χ1) is 13.5. The molecular formula is C20H12ClNO6. The minimum Gasteiger partial charge on any atom is -0.462 e. The van der Waals surface area contributed by atoms with Crippen LogP contribution in [0.5, 0.6) is 5.75 Å². The molecular weight excluding hydrogens is 386 g/mol. The second-order valence-corrected chi connectivity index (χ2v) is 6.51. The summed E-state index contributed by atoms with van der Waals surface area (Å²) in [5.74, 6) is -1.33. The van der Waals surface area contributed by atoms with Crippen molar-refractivity contribution in [3.63, 3.8) is 0 Å². The number of hydrogen-bond acceptors (Lipinski definition) is 6. The van der Waals surface area contributed by atoms with Gasteiger partial charge < -0.3 is 9.15 Å². The molecule has 1 aliphatic heterocycles. The lowest BCUT2D eigenvalue weighted by atomic mass is 10.1. The van der Waals surface area contributed by atoms with Crippen LogP contribution in [0.1, 0.15) is 27.1 Å². The first-order valence-corrected chi connectivity index (χ1v) is 8.70. The van der Waals surface area contributed by atoms with Crippen LogP contribution in [0.2, 0.25) is 5.02 Å². The molecule has 140 valence electrons. The zero-order chi connectivity index (χ0) is 19.8. The van der Waals surface area contributed by atoms with Crippen LogP contribution in [-0.2, 0) is 4.79 Å². The molecule has 0 radical (unpaired) electrons. The Bertz CT molecular complexity index is 1160. The van der Waals surface area contributed by atoms with Gasteiger partial charge in [-0.05, 0) is 24.3 Å². The fourth-order valence-corrected chi connectivity index (χ4v) is 3.12. The Morgan fingerprint density at radius 1 is 1.04 bits per heavy atom. The maximum atomic E-state index is 12.3. The Morgan fingerprint density at radius 3 is 2.39 bits per heavy atom. The Kier molecular flexibility index (Phi) is 4.44. The average molecular weight is 398 g/mol. The lowest BCUT2D eigenvalue weighted by molar-refractivity contribution is -0.134. The average Bonchev–Trinajstić information content (AvgIpc) is 2.94. The zero-order valence-corrected chi connectivity index (χ0v) is 15.1. The van der Waals surface area contributed by atoms with Crippen LogP contribution in [0, 0.1) is 0 Å². The molecule has 0 fully saturated rings. The Balaban J connectivity index is 1.44. The van der Waals surface area contributed by atoms with E-state index >= 15 is 0 Å². The van der Waals surface area contributed by atoms with Gasteiger partial charge in [-0.25, -0.2) is 0 Å². The number of imide groups is 1. The van der Waals surface area contributed by atoms with E-state index in [0.29, 0.717) is 11.1 Å². The SMILES string of the molecule is O=C(CCN1C(=O)c2ccccc2C1=O)Oc1ccc2c(=O)c(Cl)coc2c1. The van der Waals surface area contributed by atoms with Crippen molar-refractivity contribution >= 4 is 40.4 Å². The van der Waals surface area contributed by atoms with Crippen molar-refractivity contribution in [1.82, 2.24) is 4.90 Å². The van der Waals surface area contributed by atoms with Crippen molar-refractivity contribution in [1.29, 1.82) is 0 Å². The summed E-state index contributed by atoms with van der Waals surface area (Å²) in [6, 6.07) is 10.8. The minimum atomic E-state index is -0.632. The van der Waals surface area contributed by atoms with Crippen LogP contribution in [-0.4, -0.2) is 29.2 Å². The molecule has 2 aromatic carbocycles. The number of esters is 1. The molecule has 0 aliphatic carbocycles. The van der Waals surface area contributed by atoms with E-state index in [9.17, 15) is 19.2 Å². The maximum Gasteiger partial charge on any atom is 0.313 e. The van der Waals surface area contributed by atoms with Gasteiger partial charge in [0.25, 0.3) is 11.8 Å². The number of amides is 2. The molecule has 4 rings (SSSR count). The van der Waals surface area contributed by atoms with Gasteiger partial charge in [0.1, 0.15) is 22.6 Å². The summed E-state index contributed by atoms with van der Waals surface area (Å²) in [5, 5.41) is 0.219. The second-order valence-electron chi connectivity index (χ2n) is 6.10. The van der Waals surface area contributed by atoms with Crippen molar-refractivity contribution in [3.05, 3.63) is 75.1 Å². The largest absolute Gasteiger partial charge is 0.462 e. The molecule has 1 aliphatic rings. The maximum absolute atomic E-state index is 12.3. The fraction of sp³-hybridized carbons (Fsp3) is 0.100. The molecule has 0 N–H and O–H groups in total. The predicted molar refractivity (Wildman–Crippen MR) is 99.6 cm³/mol. The summed E-state index contributed by atoms with van der Waals surface area (Å²) in [4.78, 5) is 49.6. The van der Waals surface area contributed by atoms with Crippen molar-refractivity contribution < 1.29 is 23.5 Å². The number of benzene rings is 2. The number of ether oxygens (including phenoxy) is 1. The number of hydrogen-bond donors (Lipinski definition) is 0. The van der Waals surface area contributed by atoms with E-state index in [1.807, 2.05) is 0 Å². The van der Waals surface area contributed by atoms with Crippen LogP contribution in [0.15, 0.2) is 57.9 Å². The first kappa shape index (κ1) is 17.9. The van der Waals surface area contributed by atoms with Gasteiger partial charge in [-0.15, -0.1) is 0 Å². The van der Waals surface area contributed by atoms with E-state index in [4.69, 9.17) is 20.8 Å². The van der Waals surface area contributed by atoms with Crippen molar-refractivity contribution in [2.45, 2.75) is 6.42 Å². The molecule has 2 amide bonds. The number of rotatable bonds is 4. The topological polar surface area (TPSA) is 93.9 Å². The normalized spacial score (nSPS) is 13.1. The third-order valence-corrected chi connectivity index (χ3v) is 4.61. The Hall–Kier alpha value is -3.45. The Labute approximate surface area is 163 Å². The van der Waals surface area contributed by atoms with Gasteiger partial charge in [0.2, 0.25) is 5.43 Å². The quantitative estimate of drug-likeness (QED) is 0.381. The summed E-state index contributed by atoms with van der Waals surface area (Å²) in [6.45, 7) is -0.0938. The van der Waals surface area contributed by atoms with Crippen LogP contribution in [0.4, 0.5) is 0 Å². The third-order valence-electron chi connectivity index (χ3n) is 4.35. The summed E-state index contributed by atoms with van der Waals surface area (Å²) in [7, 11) is 0. The van der Waals surface area contributed by atoms with Gasteiger partial charge in [0.05, 0.1) is 22.9 Å². The molecule has 1 aromatic heterocycles. The molecule has 0 saturated carbocycles. The molecule has 0 unspecified atom stereocenters. The number of carbonyl (C=O) groups excluding carboxylic acids is 3. The van der Waals surface area contributed by atoms with E-state index in [0.717, 1.165) is 11.2 Å². The predicted octanol–water partition coefficient (Wildman–Crippen LogP) is 3.04. The van der Waals surface area contributed by atoms with Crippen LogP contribution in [0.25, 0.3) is 11.0 Å². The smallest absolute Gasteiger partial charge is 0.313 e. The minimum absolute atomic E-state index is 0.0433. The van der Waals surface area contributed by atoms with Crippen molar-refractivity contribution in [2.24, 2.45) is 0 Å². The van der Waals surface area contributed by atoms with Crippen LogP contribution >= 0.6 is 11.6 Å². The molecule has 0 atom stereocenters. The zero-order valence-electron chi connectivity index (χ0n) is 14.3. The molecule has 28 heavy (non-hydrogen) atoms. The summed E-state index contributed by atoms with van der Waals surface area (Å²) in [6.07, 6.45) is 0.939. The fourth-order valence-electron chi connectivity index (χ4n) is 2.98. The van der Waals surface area contributed by atoms with Gasteiger partial charge in [-0.2, -0.15) is 0 Å². The highest BCUT2D eigenvalue weighted by atomic mass is 35.5. The van der Waals surface area contributed by atoms with Gasteiger partial charge in [0.15, 0.2) is 0 Å². The molecule has 8 heteroatoms. The van der Waals surface area contributed by atoms with Gasteiger partial charge in [-0.1, -0.05) is 23.7 Å². The Morgan fingerprint density at radius 2 is 1.71 bits per heavy atom. The third kappa shape index (κ3) is 3.05. The highest BCUT2D eigenvalue weighted by Gasteiger charge is 2.35. The molecule has 3 aromatic rings. The van der Waals surface area contributed by atoms with Crippen LogP contribution < -0.4 is 10.2 Å². The number of nitrogens with zero attached hydrogens (tertiary/aromatic N) is 1. The van der Waals surface area contributed by atoms with Gasteiger partial charge >= 0.3 is 5.97 Å². The number of halogens is 1. The first-order valence-electron chi connectivity index (χ1n) is 8.32. The number of carbonyl (C=O) groups is 3. The standard InChI is InChI=1S/C20H12ClNO6/c21-15-10-27-16-9-11(5-6-14(16)18(15)24)28-17(23)7-8-22-19(25)12-3-1-2-4-13(12)20(22)26/h1-6,9-10H,7-8H2. The monoisotopic (exact) mass is 397 g/mol. The number of fused-ring (bicyclic) bond motifs is 2. The van der Waals surface area contributed by atoms with Crippen molar-refractivity contribution in [2.75, 3.05) is 6.54 Å². The lowest BCUT2D eigenvalue weighted by Crippen LogP contribution is -2.32. The molecule has 2 heterocycles. The second kappa shape index (κ2) is 6.94. The van der Waals surface area contributed by atoms with Gasteiger partial charge in [-0.3, -0.25) is 24.1 Å². The van der Waals surface area contributed by atoms with E-state index in [1.165, 1.54) is 18.2 Å². The van der Waals surface area contributed by atoms with E-state index in [-0.39, 0.29) is 40.1 Å².